The van der Waals surface area contributed by atoms with E-state index in [-0.39, 0.29) is 5.52 Å². The van der Waals surface area contributed by atoms with Crippen LogP contribution in [0.1, 0.15) is 25.5 Å². The highest BCUT2D eigenvalue weighted by molar-refractivity contribution is 5.85. The molecule has 0 aromatic carbocycles. The predicted octanol–water partition coefficient (Wildman–Crippen LogP) is -1.87. The van der Waals surface area contributed by atoms with E-state index in [2.05, 4.69) is 20.3 Å². The van der Waals surface area contributed by atoms with Crippen LogP contribution in [0.15, 0.2) is 4.79 Å². The van der Waals surface area contributed by atoms with Crippen LogP contribution in [0.5, 0.6) is 0 Å². The van der Waals surface area contributed by atoms with Crippen LogP contribution in [0, 0.1) is 0 Å². The van der Waals surface area contributed by atoms with E-state index in [1.165, 1.54) is 11.1 Å². The summed E-state index contributed by atoms with van der Waals surface area (Å²) in [4.78, 5) is 15.0. The van der Waals surface area contributed by atoms with Crippen LogP contribution >= 0.6 is 0 Å². The Kier molecular flexibility index (Phi) is 4.39. The molecule has 0 spiro atoms. The fourth-order valence-electron chi connectivity index (χ4n) is 3.64. The maximum Gasteiger partial charge on any atom is 0.298 e. The first kappa shape index (κ1) is 17.3. The standard InChI is InChI=1S/C15H22N6O5/c1-19-10-9(13(17-19)20-5-3-2-4-6-20)16-18-21(14(10)25)15-12(24)11(23)8(7-22)26-15/h8,11-12,15,22-24H,2-7H2,1H3. The topological polar surface area (TPSA) is 139 Å². The molecule has 4 unspecified atom stereocenters. The van der Waals surface area contributed by atoms with Gasteiger partial charge in [0.15, 0.2) is 23.1 Å². The number of anilines is 1. The lowest BCUT2D eigenvalue weighted by molar-refractivity contribution is -0.0619. The van der Waals surface area contributed by atoms with E-state index in [9.17, 15) is 20.1 Å². The highest BCUT2D eigenvalue weighted by Crippen LogP contribution is 2.29. The minimum absolute atomic E-state index is 0.248. The highest BCUT2D eigenvalue weighted by atomic mass is 16.6. The molecule has 4 atom stereocenters. The van der Waals surface area contributed by atoms with Crippen molar-refractivity contribution in [1.29, 1.82) is 0 Å². The molecular formula is C15H22N6O5. The molecule has 3 N–H and O–H groups in total. The number of ether oxygens (including phenoxy) is 1. The molecule has 26 heavy (non-hydrogen) atoms. The lowest BCUT2D eigenvalue weighted by atomic mass is 10.1. The van der Waals surface area contributed by atoms with E-state index in [1.54, 1.807) is 7.05 Å². The molecule has 0 saturated carbocycles. The van der Waals surface area contributed by atoms with Crippen LogP contribution in [-0.2, 0) is 11.8 Å². The van der Waals surface area contributed by atoms with Crippen molar-refractivity contribution in [1.82, 2.24) is 24.8 Å². The van der Waals surface area contributed by atoms with Gasteiger partial charge in [0, 0.05) is 20.1 Å². The molecule has 0 aliphatic carbocycles. The quantitative estimate of drug-likeness (QED) is 0.570. The number of hydrogen-bond donors (Lipinski definition) is 3. The smallest absolute Gasteiger partial charge is 0.298 e. The van der Waals surface area contributed by atoms with Crippen LogP contribution in [0.2, 0.25) is 0 Å². The Hall–Kier alpha value is -2.08. The van der Waals surface area contributed by atoms with Crippen molar-refractivity contribution in [2.75, 3.05) is 24.6 Å². The molecule has 4 rings (SSSR count). The molecular weight excluding hydrogens is 344 g/mol. The van der Waals surface area contributed by atoms with Gasteiger partial charge >= 0.3 is 0 Å². The van der Waals surface area contributed by atoms with Gasteiger partial charge in [-0.3, -0.25) is 9.48 Å². The lowest BCUT2D eigenvalue weighted by Gasteiger charge is -2.26. The average Bonchev–Trinajstić information content (AvgIpc) is 3.14. The van der Waals surface area contributed by atoms with E-state index in [0.717, 1.165) is 30.6 Å². The summed E-state index contributed by atoms with van der Waals surface area (Å²) in [7, 11) is 1.65. The number of aliphatic hydroxyl groups is 3. The number of piperidine rings is 1. The van der Waals surface area contributed by atoms with Gasteiger partial charge in [0.1, 0.15) is 18.3 Å². The molecule has 2 aromatic rings. The summed E-state index contributed by atoms with van der Waals surface area (Å²) in [6.07, 6.45) is -1.63. The first-order chi connectivity index (χ1) is 12.5. The summed E-state index contributed by atoms with van der Waals surface area (Å²) in [6, 6.07) is 0. The lowest BCUT2D eigenvalue weighted by Crippen LogP contribution is -2.37. The van der Waals surface area contributed by atoms with Gasteiger partial charge < -0.3 is 25.0 Å². The molecule has 0 bridgehead atoms. The Bertz CT molecular complexity index is 860. The van der Waals surface area contributed by atoms with E-state index in [4.69, 9.17) is 4.74 Å². The maximum absolute atomic E-state index is 12.9. The van der Waals surface area contributed by atoms with Crippen LogP contribution in [0.25, 0.3) is 11.0 Å². The summed E-state index contributed by atoms with van der Waals surface area (Å²) in [5.41, 5.74) is 0.129. The van der Waals surface area contributed by atoms with Crippen LogP contribution in [0.3, 0.4) is 0 Å². The molecule has 11 nitrogen and oxygen atoms in total. The average molecular weight is 366 g/mol. The SMILES string of the molecule is Cn1nc(N2CCCCC2)c2nnn(C3OC(CO)C(O)C3O)c(=O)c21. The number of aromatic nitrogens is 5. The zero-order chi connectivity index (χ0) is 18.4. The molecule has 0 radical (unpaired) electrons. The third-order valence-corrected chi connectivity index (χ3v) is 5.07. The van der Waals surface area contributed by atoms with Crippen molar-refractivity contribution in [3.05, 3.63) is 10.4 Å². The zero-order valence-corrected chi connectivity index (χ0v) is 14.4. The summed E-state index contributed by atoms with van der Waals surface area (Å²) < 4.78 is 7.73. The van der Waals surface area contributed by atoms with Crippen molar-refractivity contribution in [2.45, 2.75) is 43.8 Å². The normalized spacial score (nSPS) is 29.6. The number of aryl methyl sites for hydroxylation is 1. The van der Waals surface area contributed by atoms with Crippen LogP contribution < -0.4 is 10.5 Å². The molecule has 11 heteroatoms. The summed E-state index contributed by atoms with van der Waals surface area (Å²) in [6.45, 7) is 1.22. The summed E-state index contributed by atoms with van der Waals surface area (Å²) >= 11 is 0. The molecule has 2 fully saturated rings. The molecule has 2 aliphatic heterocycles. The molecule has 4 heterocycles. The minimum atomic E-state index is -1.40. The van der Waals surface area contributed by atoms with Crippen molar-refractivity contribution in [2.24, 2.45) is 7.05 Å². The van der Waals surface area contributed by atoms with Gasteiger partial charge in [0.25, 0.3) is 5.56 Å². The monoisotopic (exact) mass is 366 g/mol. The molecule has 0 amide bonds. The van der Waals surface area contributed by atoms with Gasteiger partial charge in [0.2, 0.25) is 0 Å². The second-order valence-electron chi connectivity index (χ2n) is 6.76. The largest absolute Gasteiger partial charge is 0.394 e. The van der Waals surface area contributed by atoms with E-state index in [0.29, 0.717) is 11.3 Å². The Balaban J connectivity index is 1.76. The van der Waals surface area contributed by atoms with Crippen molar-refractivity contribution in [3.63, 3.8) is 0 Å². The van der Waals surface area contributed by atoms with Gasteiger partial charge in [-0.1, -0.05) is 5.21 Å². The van der Waals surface area contributed by atoms with Gasteiger partial charge in [-0.2, -0.15) is 9.78 Å². The predicted molar refractivity (Wildman–Crippen MR) is 89.6 cm³/mol. The fraction of sp³-hybridized carbons (Fsp3) is 0.733. The van der Waals surface area contributed by atoms with Crippen molar-refractivity contribution < 1.29 is 20.1 Å². The number of nitrogens with zero attached hydrogens (tertiary/aromatic N) is 6. The maximum atomic E-state index is 12.9. The second kappa shape index (κ2) is 6.58. The van der Waals surface area contributed by atoms with Gasteiger partial charge in [-0.05, 0) is 19.3 Å². The van der Waals surface area contributed by atoms with Crippen LogP contribution in [0.4, 0.5) is 5.82 Å². The number of hydrogen-bond acceptors (Lipinski definition) is 9. The van der Waals surface area contributed by atoms with Gasteiger partial charge in [-0.15, -0.1) is 5.10 Å². The first-order valence-corrected chi connectivity index (χ1v) is 8.72. The van der Waals surface area contributed by atoms with Gasteiger partial charge in [-0.25, -0.2) is 0 Å². The van der Waals surface area contributed by atoms with Crippen LogP contribution in [-0.4, -0.2) is 78.1 Å². The minimum Gasteiger partial charge on any atom is -0.394 e. The number of aliphatic hydroxyl groups excluding tert-OH is 3. The Morgan fingerprint density at radius 2 is 1.92 bits per heavy atom. The Morgan fingerprint density at radius 3 is 2.58 bits per heavy atom. The second-order valence-corrected chi connectivity index (χ2v) is 6.76. The molecule has 2 saturated heterocycles. The van der Waals surface area contributed by atoms with E-state index < -0.39 is 36.7 Å². The summed E-state index contributed by atoms with van der Waals surface area (Å²) in [5.74, 6) is 0.625. The zero-order valence-electron chi connectivity index (χ0n) is 14.4. The van der Waals surface area contributed by atoms with Crippen molar-refractivity contribution >= 4 is 16.9 Å². The molecule has 142 valence electrons. The number of rotatable bonds is 3. The van der Waals surface area contributed by atoms with E-state index >= 15 is 0 Å². The van der Waals surface area contributed by atoms with E-state index in [1.807, 2.05) is 0 Å². The molecule has 2 aromatic heterocycles. The van der Waals surface area contributed by atoms with Gasteiger partial charge in [0.05, 0.1) is 6.61 Å². The third-order valence-electron chi connectivity index (χ3n) is 5.07. The Morgan fingerprint density at radius 1 is 1.19 bits per heavy atom. The van der Waals surface area contributed by atoms with Crippen molar-refractivity contribution in [3.8, 4) is 0 Å². The number of fused-ring (bicyclic) bond motifs is 1. The first-order valence-electron chi connectivity index (χ1n) is 8.72. The summed E-state index contributed by atoms with van der Waals surface area (Å²) in [5, 5.41) is 41.7. The molecule has 2 aliphatic rings. The highest BCUT2D eigenvalue weighted by Gasteiger charge is 2.44. The third kappa shape index (κ3) is 2.58. The Labute approximate surface area is 148 Å². The fourth-order valence-corrected chi connectivity index (χ4v) is 3.64.